The lowest BCUT2D eigenvalue weighted by molar-refractivity contribution is 0.0955. The molecule has 1 amide bonds. The van der Waals surface area contributed by atoms with Gasteiger partial charge in [-0.05, 0) is 42.0 Å². The molecule has 150 valence electrons. The lowest BCUT2D eigenvalue weighted by Crippen LogP contribution is -2.18. The van der Waals surface area contributed by atoms with Crippen molar-refractivity contribution in [2.75, 3.05) is 0 Å². The molecule has 1 aromatic heterocycles. The second-order valence-electron chi connectivity index (χ2n) is 6.68. The van der Waals surface area contributed by atoms with Gasteiger partial charge in [-0.25, -0.2) is 5.43 Å². The molecule has 3 aromatic carbocycles. The molecule has 4 rings (SSSR count). The molecule has 0 atom stereocenters. The van der Waals surface area contributed by atoms with Crippen molar-refractivity contribution in [3.63, 3.8) is 0 Å². The lowest BCUT2D eigenvalue weighted by atomic mass is 10.2. The van der Waals surface area contributed by atoms with Gasteiger partial charge in [-0.2, -0.15) is 5.10 Å². The molecule has 0 aliphatic heterocycles. The maximum Gasteiger partial charge on any atom is 0.272 e. The highest BCUT2D eigenvalue weighted by Crippen LogP contribution is 2.23. The second kappa shape index (κ2) is 8.92. The first-order valence-corrected chi connectivity index (χ1v) is 10.3. The molecule has 0 fully saturated rings. The molecule has 4 nitrogen and oxygen atoms in total. The van der Waals surface area contributed by atoms with Crippen LogP contribution in [0.2, 0.25) is 15.1 Å². The molecule has 1 heterocycles. The molecule has 0 aliphatic carbocycles. The van der Waals surface area contributed by atoms with E-state index < -0.39 is 5.91 Å². The Labute approximate surface area is 188 Å². The Morgan fingerprint density at radius 1 is 0.967 bits per heavy atom. The van der Waals surface area contributed by atoms with Gasteiger partial charge in [0, 0.05) is 39.3 Å². The number of halogens is 3. The number of hydrogen-bond acceptors (Lipinski definition) is 2. The first kappa shape index (κ1) is 20.5. The molecule has 0 saturated carbocycles. The number of hydrazone groups is 1. The van der Waals surface area contributed by atoms with Crippen LogP contribution in [0.1, 0.15) is 21.5 Å². The van der Waals surface area contributed by atoms with Crippen LogP contribution in [0.15, 0.2) is 78.0 Å². The largest absolute Gasteiger partial charge is 0.342 e. The van der Waals surface area contributed by atoms with Crippen molar-refractivity contribution in [1.29, 1.82) is 0 Å². The van der Waals surface area contributed by atoms with Crippen molar-refractivity contribution >= 4 is 57.8 Å². The molecule has 0 spiro atoms. The second-order valence-corrected chi connectivity index (χ2v) is 7.96. The SMILES string of the molecule is O=C(N/N=C\c1cn(Cc2ccc(Cl)cc2)c2ccccc12)c1ccc(Cl)cc1Cl. The van der Waals surface area contributed by atoms with Gasteiger partial charge in [0.05, 0.1) is 16.8 Å². The molecule has 0 aliphatic rings. The maximum absolute atomic E-state index is 12.3. The predicted molar refractivity (Wildman–Crippen MR) is 124 cm³/mol. The average molecular weight is 457 g/mol. The van der Waals surface area contributed by atoms with E-state index in [0.29, 0.717) is 22.2 Å². The van der Waals surface area contributed by atoms with Gasteiger partial charge in [0.15, 0.2) is 0 Å². The molecule has 30 heavy (non-hydrogen) atoms. The van der Waals surface area contributed by atoms with E-state index in [1.165, 1.54) is 6.07 Å². The fraction of sp³-hybridized carbons (Fsp3) is 0.0435. The van der Waals surface area contributed by atoms with Crippen LogP contribution in [-0.2, 0) is 6.54 Å². The van der Waals surface area contributed by atoms with E-state index in [4.69, 9.17) is 34.8 Å². The zero-order valence-corrected chi connectivity index (χ0v) is 17.9. The van der Waals surface area contributed by atoms with Crippen LogP contribution in [0.4, 0.5) is 0 Å². The zero-order valence-electron chi connectivity index (χ0n) is 15.6. The summed E-state index contributed by atoms with van der Waals surface area (Å²) in [6.07, 6.45) is 3.63. The number of rotatable bonds is 5. The molecule has 0 radical (unpaired) electrons. The zero-order chi connectivity index (χ0) is 21.1. The van der Waals surface area contributed by atoms with E-state index in [9.17, 15) is 4.79 Å². The summed E-state index contributed by atoms with van der Waals surface area (Å²) in [6.45, 7) is 0.693. The molecule has 0 bridgehead atoms. The van der Waals surface area contributed by atoms with Gasteiger partial charge in [0.25, 0.3) is 5.91 Å². The van der Waals surface area contributed by atoms with Crippen molar-refractivity contribution in [2.45, 2.75) is 6.54 Å². The fourth-order valence-electron chi connectivity index (χ4n) is 3.19. The third kappa shape index (κ3) is 4.51. The molecular formula is C23H16Cl3N3O. The number of para-hydroxylation sites is 1. The molecule has 1 N–H and O–H groups in total. The molecule has 0 saturated heterocycles. The number of carbonyl (C=O) groups is 1. The molecule has 4 aromatic rings. The normalized spacial score (nSPS) is 11.3. The summed E-state index contributed by atoms with van der Waals surface area (Å²) in [5, 5.41) is 6.60. The highest BCUT2D eigenvalue weighted by molar-refractivity contribution is 6.36. The van der Waals surface area contributed by atoms with Crippen molar-refractivity contribution in [3.05, 3.63) is 105 Å². The van der Waals surface area contributed by atoms with Crippen molar-refractivity contribution in [1.82, 2.24) is 9.99 Å². The summed E-state index contributed by atoms with van der Waals surface area (Å²) in [7, 11) is 0. The van der Waals surface area contributed by atoms with E-state index in [1.54, 1.807) is 18.3 Å². The highest BCUT2D eigenvalue weighted by atomic mass is 35.5. The number of nitrogens with zero attached hydrogens (tertiary/aromatic N) is 2. The van der Waals surface area contributed by atoms with E-state index in [2.05, 4.69) is 21.2 Å². The van der Waals surface area contributed by atoms with Crippen LogP contribution in [0.5, 0.6) is 0 Å². The van der Waals surface area contributed by atoms with Crippen LogP contribution < -0.4 is 5.43 Å². The number of aromatic nitrogens is 1. The van der Waals surface area contributed by atoms with Gasteiger partial charge < -0.3 is 4.57 Å². The standard InChI is InChI=1S/C23H16Cl3N3O/c24-17-7-5-15(6-8-17)13-29-14-16(19-3-1-2-4-22(19)29)12-27-28-23(30)20-10-9-18(25)11-21(20)26/h1-12,14H,13H2,(H,28,30)/b27-12-. The van der Waals surface area contributed by atoms with Crippen LogP contribution >= 0.6 is 34.8 Å². The number of nitrogens with one attached hydrogen (secondary N) is 1. The van der Waals surface area contributed by atoms with Gasteiger partial charge in [-0.1, -0.05) is 65.1 Å². The van der Waals surface area contributed by atoms with Gasteiger partial charge in [-0.15, -0.1) is 0 Å². The summed E-state index contributed by atoms with van der Waals surface area (Å²) < 4.78 is 2.14. The van der Waals surface area contributed by atoms with E-state index in [-0.39, 0.29) is 5.02 Å². The molecule has 0 unspecified atom stereocenters. The van der Waals surface area contributed by atoms with Gasteiger partial charge >= 0.3 is 0 Å². The van der Waals surface area contributed by atoms with Gasteiger partial charge in [0.1, 0.15) is 0 Å². The first-order valence-electron chi connectivity index (χ1n) is 9.12. The summed E-state index contributed by atoms with van der Waals surface area (Å²) in [5.74, 6) is -0.405. The Hall–Kier alpha value is -2.79. The van der Waals surface area contributed by atoms with Crippen LogP contribution in [0.3, 0.4) is 0 Å². The van der Waals surface area contributed by atoms with Crippen LogP contribution in [-0.4, -0.2) is 16.7 Å². The number of carbonyl (C=O) groups excluding carboxylic acids is 1. The minimum Gasteiger partial charge on any atom is -0.342 e. The summed E-state index contributed by atoms with van der Waals surface area (Å²) in [4.78, 5) is 12.3. The predicted octanol–water partition coefficient (Wildman–Crippen LogP) is 6.41. The summed E-state index contributed by atoms with van der Waals surface area (Å²) in [6, 6.07) is 20.5. The third-order valence-corrected chi connectivity index (χ3v) is 5.43. The van der Waals surface area contributed by atoms with Gasteiger partial charge in [0.2, 0.25) is 0 Å². The Balaban J connectivity index is 1.56. The minimum absolute atomic E-state index is 0.273. The Kier molecular flexibility index (Phi) is 6.09. The highest BCUT2D eigenvalue weighted by Gasteiger charge is 2.11. The minimum atomic E-state index is -0.405. The molecule has 7 heteroatoms. The quantitative estimate of drug-likeness (QED) is 0.273. The Morgan fingerprint density at radius 3 is 2.47 bits per heavy atom. The number of hydrogen-bond donors (Lipinski definition) is 1. The van der Waals surface area contributed by atoms with Crippen LogP contribution in [0.25, 0.3) is 10.9 Å². The maximum atomic E-state index is 12.3. The number of benzene rings is 3. The average Bonchev–Trinajstić information content (AvgIpc) is 3.07. The van der Waals surface area contributed by atoms with E-state index >= 15 is 0 Å². The van der Waals surface area contributed by atoms with Crippen LogP contribution in [0, 0.1) is 0 Å². The number of fused-ring (bicyclic) bond motifs is 1. The number of amides is 1. The molecular weight excluding hydrogens is 441 g/mol. The fourth-order valence-corrected chi connectivity index (χ4v) is 3.81. The topological polar surface area (TPSA) is 46.4 Å². The van der Waals surface area contributed by atoms with Crippen molar-refractivity contribution in [3.8, 4) is 0 Å². The Morgan fingerprint density at radius 2 is 1.70 bits per heavy atom. The summed E-state index contributed by atoms with van der Waals surface area (Å²) in [5.41, 5.74) is 5.92. The lowest BCUT2D eigenvalue weighted by Gasteiger charge is -2.05. The van der Waals surface area contributed by atoms with E-state index in [0.717, 1.165) is 22.0 Å². The Bertz CT molecular complexity index is 1250. The van der Waals surface area contributed by atoms with Gasteiger partial charge in [-0.3, -0.25) is 4.79 Å². The smallest absolute Gasteiger partial charge is 0.272 e. The first-order chi connectivity index (χ1) is 14.5. The van der Waals surface area contributed by atoms with Crippen molar-refractivity contribution < 1.29 is 4.79 Å². The monoisotopic (exact) mass is 455 g/mol. The summed E-state index contributed by atoms with van der Waals surface area (Å²) >= 11 is 17.9. The van der Waals surface area contributed by atoms with Crippen molar-refractivity contribution in [2.24, 2.45) is 5.10 Å². The third-order valence-electron chi connectivity index (χ3n) is 4.63. The van der Waals surface area contributed by atoms with E-state index in [1.807, 2.05) is 48.7 Å².